The maximum atomic E-state index is 4.92. The molecule has 0 radical (unpaired) electrons. The van der Waals surface area contributed by atoms with Crippen molar-refractivity contribution in [2.24, 2.45) is 0 Å². The van der Waals surface area contributed by atoms with Gasteiger partial charge < -0.3 is 5.32 Å². The van der Waals surface area contributed by atoms with Gasteiger partial charge in [-0.3, -0.25) is 4.40 Å². The highest BCUT2D eigenvalue weighted by molar-refractivity contribution is 5.84. The lowest BCUT2D eigenvalue weighted by molar-refractivity contribution is 0.461. The van der Waals surface area contributed by atoms with Crippen LogP contribution in [0.25, 0.3) is 17.4 Å². The van der Waals surface area contributed by atoms with Gasteiger partial charge >= 0.3 is 0 Å². The Hall–Kier alpha value is -2.62. The summed E-state index contributed by atoms with van der Waals surface area (Å²) in [5, 5.41) is 3.82. The smallest absolute Gasteiger partial charge is 0.236 e. The predicted octanol–water partition coefficient (Wildman–Crippen LogP) is 5.65. The molecular formula is C23H28N4. The van der Waals surface area contributed by atoms with Crippen molar-refractivity contribution in [3.63, 3.8) is 0 Å². The average molecular weight is 361 g/mol. The molecule has 3 aromatic rings. The minimum Gasteiger partial charge on any atom is -0.367 e. The highest BCUT2D eigenvalue weighted by Crippen LogP contribution is 2.30. The molecular weight excluding hydrogens is 332 g/mol. The second-order valence-corrected chi connectivity index (χ2v) is 7.70. The molecule has 1 aromatic carbocycles. The zero-order chi connectivity index (χ0) is 18.8. The van der Waals surface area contributed by atoms with Gasteiger partial charge in [-0.2, -0.15) is 0 Å². The normalized spacial score (nSPS) is 16.0. The third-order valence-corrected chi connectivity index (χ3v) is 5.41. The van der Waals surface area contributed by atoms with Crippen molar-refractivity contribution in [1.29, 1.82) is 0 Å². The number of hydrogen-bond acceptors (Lipinski definition) is 3. The summed E-state index contributed by atoms with van der Waals surface area (Å²) in [4.78, 5) is 9.60. The number of benzene rings is 1. The van der Waals surface area contributed by atoms with Gasteiger partial charge in [0, 0.05) is 17.4 Å². The first-order chi connectivity index (χ1) is 13.1. The van der Waals surface area contributed by atoms with E-state index >= 15 is 0 Å². The maximum absolute atomic E-state index is 4.92. The summed E-state index contributed by atoms with van der Waals surface area (Å²) in [6.07, 6.45) is 8.62. The standard InChI is InChI=1S/C23H28N4/c1-16(14-19-10-6-4-7-11-19)21-22(25-20-12-8-5-9-13-20)27-18(3)15-17(2)24-23(27)26-21/h4,6-7,10-11,14-15,20,25H,5,8-9,12-13H2,1-3H3/b16-14+. The monoisotopic (exact) mass is 360 g/mol. The zero-order valence-corrected chi connectivity index (χ0v) is 16.5. The van der Waals surface area contributed by atoms with E-state index in [1.54, 1.807) is 0 Å². The van der Waals surface area contributed by atoms with E-state index in [1.165, 1.54) is 43.4 Å². The van der Waals surface area contributed by atoms with Crippen LogP contribution in [0, 0.1) is 13.8 Å². The van der Waals surface area contributed by atoms with Gasteiger partial charge in [0.25, 0.3) is 0 Å². The number of hydrogen-bond donors (Lipinski definition) is 1. The zero-order valence-electron chi connectivity index (χ0n) is 16.5. The van der Waals surface area contributed by atoms with Crippen molar-refractivity contribution in [3.8, 4) is 0 Å². The van der Waals surface area contributed by atoms with Crippen LogP contribution in [0.1, 0.15) is 61.7 Å². The van der Waals surface area contributed by atoms with E-state index in [9.17, 15) is 0 Å². The summed E-state index contributed by atoms with van der Waals surface area (Å²) in [5.74, 6) is 1.87. The summed E-state index contributed by atoms with van der Waals surface area (Å²) in [7, 11) is 0. The Morgan fingerprint density at radius 3 is 2.56 bits per heavy atom. The van der Waals surface area contributed by atoms with Gasteiger partial charge in [0.15, 0.2) is 0 Å². The Morgan fingerprint density at radius 1 is 1.07 bits per heavy atom. The van der Waals surface area contributed by atoms with Crippen LogP contribution in [0.15, 0.2) is 36.4 Å². The fourth-order valence-corrected chi connectivity index (χ4v) is 4.09. The second-order valence-electron chi connectivity index (χ2n) is 7.70. The fourth-order valence-electron chi connectivity index (χ4n) is 4.09. The van der Waals surface area contributed by atoms with Gasteiger partial charge in [0.05, 0.1) is 0 Å². The Balaban J connectivity index is 1.81. The second kappa shape index (κ2) is 7.55. The summed E-state index contributed by atoms with van der Waals surface area (Å²) in [6, 6.07) is 13.1. The van der Waals surface area contributed by atoms with E-state index < -0.39 is 0 Å². The van der Waals surface area contributed by atoms with E-state index in [2.05, 4.69) is 65.0 Å². The van der Waals surface area contributed by atoms with Crippen LogP contribution in [0.3, 0.4) is 0 Å². The molecule has 1 aliphatic rings. The quantitative estimate of drug-likeness (QED) is 0.653. The Morgan fingerprint density at radius 2 is 1.81 bits per heavy atom. The molecule has 2 aromatic heterocycles. The molecule has 0 amide bonds. The Kier molecular flexibility index (Phi) is 4.97. The molecule has 4 heteroatoms. The van der Waals surface area contributed by atoms with Crippen molar-refractivity contribution >= 4 is 23.2 Å². The van der Waals surface area contributed by atoms with Crippen molar-refractivity contribution in [2.75, 3.05) is 5.32 Å². The largest absolute Gasteiger partial charge is 0.367 e. The molecule has 27 heavy (non-hydrogen) atoms. The topological polar surface area (TPSA) is 42.2 Å². The first-order valence-electron chi connectivity index (χ1n) is 9.99. The van der Waals surface area contributed by atoms with Crippen LogP contribution in [0.5, 0.6) is 0 Å². The van der Waals surface area contributed by atoms with Gasteiger partial charge in [0.2, 0.25) is 5.78 Å². The van der Waals surface area contributed by atoms with Gasteiger partial charge in [-0.05, 0) is 56.9 Å². The van der Waals surface area contributed by atoms with Gasteiger partial charge in [0.1, 0.15) is 11.5 Å². The third-order valence-electron chi connectivity index (χ3n) is 5.41. The molecule has 0 aliphatic heterocycles. The van der Waals surface area contributed by atoms with E-state index in [4.69, 9.17) is 4.98 Å². The summed E-state index contributed by atoms with van der Waals surface area (Å²) in [5.41, 5.74) is 5.52. The van der Waals surface area contributed by atoms with E-state index in [1.807, 2.05) is 13.0 Å². The lowest BCUT2D eigenvalue weighted by Crippen LogP contribution is -2.24. The first kappa shape index (κ1) is 17.8. The van der Waals surface area contributed by atoms with Crippen molar-refractivity contribution in [1.82, 2.24) is 14.4 Å². The molecule has 1 aliphatic carbocycles. The predicted molar refractivity (Wildman–Crippen MR) is 113 cm³/mol. The molecule has 0 atom stereocenters. The minimum atomic E-state index is 0.516. The molecule has 1 fully saturated rings. The number of rotatable bonds is 4. The van der Waals surface area contributed by atoms with Crippen molar-refractivity contribution in [2.45, 2.75) is 58.9 Å². The van der Waals surface area contributed by atoms with Crippen LogP contribution >= 0.6 is 0 Å². The summed E-state index contributed by atoms with van der Waals surface area (Å²) >= 11 is 0. The first-order valence-corrected chi connectivity index (χ1v) is 9.99. The summed E-state index contributed by atoms with van der Waals surface area (Å²) < 4.78 is 2.18. The van der Waals surface area contributed by atoms with E-state index in [0.29, 0.717) is 6.04 Å². The molecule has 1 saturated carbocycles. The fraction of sp³-hybridized carbons (Fsp3) is 0.391. The molecule has 0 unspecified atom stereocenters. The highest BCUT2D eigenvalue weighted by Gasteiger charge is 2.21. The number of nitrogens with one attached hydrogen (secondary N) is 1. The number of imidazole rings is 1. The Labute approximate surface area is 161 Å². The molecule has 0 spiro atoms. The average Bonchev–Trinajstić information content (AvgIpc) is 3.02. The lowest BCUT2D eigenvalue weighted by Gasteiger charge is -2.24. The van der Waals surface area contributed by atoms with E-state index in [0.717, 1.165) is 28.6 Å². The number of fused-ring (bicyclic) bond motifs is 1. The minimum absolute atomic E-state index is 0.516. The van der Waals surface area contributed by atoms with Crippen LogP contribution in [0.2, 0.25) is 0 Å². The molecule has 4 nitrogen and oxygen atoms in total. The number of aromatic nitrogens is 3. The summed E-state index contributed by atoms with van der Waals surface area (Å²) in [6.45, 7) is 6.31. The number of allylic oxidation sites excluding steroid dienone is 1. The van der Waals surface area contributed by atoms with Gasteiger partial charge in [-0.25, -0.2) is 9.97 Å². The number of anilines is 1. The highest BCUT2D eigenvalue weighted by atomic mass is 15.2. The molecule has 1 N–H and O–H groups in total. The number of aryl methyl sites for hydroxylation is 2. The molecule has 140 valence electrons. The van der Waals surface area contributed by atoms with Crippen molar-refractivity contribution < 1.29 is 0 Å². The SMILES string of the molecule is C/C(=C\c1ccccc1)c1nc2nc(C)cc(C)n2c1NC1CCCCC1. The Bertz CT molecular complexity index is 963. The molecule has 2 heterocycles. The van der Waals surface area contributed by atoms with Crippen LogP contribution in [-0.2, 0) is 0 Å². The van der Waals surface area contributed by atoms with Crippen LogP contribution in [0.4, 0.5) is 5.82 Å². The molecule has 4 rings (SSSR count). The van der Waals surface area contributed by atoms with E-state index in [-0.39, 0.29) is 0 Å². The van der Waals surface area contributed by atoms with Crippen LogP contribution in [-0.4, -0.2) is 20.4 Å². The number of nitrogens with zero attached hydrogens (tertiary/aromatic N) is 3. The molecule has 0 saturated heterocycles. The van der Waals surface area contributed by atoms with Gasteiger partial charge in [-0.1, -0.05) is 49.6 Å². The third kappa shape index (κ3) is 3.75. The lowest BCUT2D eigenvalue weighted by atomic mass is 9.95. The maximum Gasteiger partial charge on any atom is 0.236 e. The van der Waals surface area contributed by atoms with Gasteiger partial charge in [-0.15, -0.1) is 0 Å². The van der Waals surface area contributed by atoms with Crippen molar-refractivity contribution in [3.05, 3.63) is 59.0 Å². The van der Waals surface area contributed by atoms with Crippen LogP contribution < -0.4 is 5.32 Å². The molecule has 0 bridgehead atoms.